The van der Waals surface area contributed by atoms with E-state index in [1.807, 2.05) is 55.6 Å². The highest BCUT2D eigenvalue weighted by molar-refractivity contribution is 7.91. The molecule has 0 spiro atoms. The number of carbonyl (C=O) groups excluding carboxylic acids is 1. The van der Waals surface area contributed by atoms with Crippen LogP contribution in [0.5, 0.6) is 0 Å². The van der Waals surface area contributed by atoms with Crippen LogP contribution in [0.3, 0.4) is 0 Å². The number of nitrogens with one attached hydrogen (secondary N) is 1. The fourth-order valence-corrected chi connectivity index (χ4v) is 5.51. The van der Waals surface area contributed by atoms with Crippen LogP contribution in [-0.2, 0) is 22.2 Å². The highest BCUT2D eigenvalue weighted by Crippen LogP contribution is 2.33. The van der Waals surface area contributed by atoms with Crippen molar-refractivity contribution in [3.05, 3.63) is 81.0 Å². The summed E-state index contributed by atoms with van der Waals surface area (Å²) in [6.45, 7) is 4.46. The van der Waals surface area contributed by atoms with Gasteiger partial charge in [-0.25, -0.2) is 8.42 Å². The zero-order chi connectivity index (χ0) is 20.6. The standard InChI is InChI=1S/C22H22N2O3S2/c1-15-5-6-16(2)18(12-15)14-29(26,27)23-19-8-7-17-9-10-24(20(17)13-19)22(25)21-4-3-11-28-21/h3-8,11-13,23H,9-10,14H2,1-2H3. The van der Waals surface area contributed by atoms with Crippen molar-refractivity contribution >= 4 is 38.6 Å². The van der Waals surface area contributed by atoms with Crippen molar-refractivity contribution in [2.75, 3.05) is 16.2 Å². The van der Waals surface area contributed by atoms with Crippen LogP contribution in [0.1, 0.15) is 31.9 Å². The molecule has 2 heterocycles. The predicted octanol–water partition coefficient (Wildman–Crippen LogP) is 4.51. The van der Waals surface area contributed by atoms with Gasteiger partial charge in [0, 0.05) is 12.2 Å². The van der Waals surface area contributed by atoms with Gasteiger partial charge in [-0.15, -0.1) is 11.3 Å². The Hall–Kier alpha value is -2.64. The number of benzene rings is 2. The van der Waals surface area contributed by atoms with Gasteiger partial charge in [0.15, 0.2) is 0 Å². The van der Waals surface area contributed by atoms with E-state index in [9.17, 15) is 13.2 Å². The van der Waals surface area contributed by atoms with Gasteiger partial charge in [0.2, 0.25) is 10.0 Å². The Morgan fingerprint density at radius 1 is 1.14 bits per heavy atom. The van der Waals surface area contributed by atoms with E-state index in [4.69, 9.17) is 0 Å². The van der Waals surface area contributed by atoms with E-state index in [-0.39, 0.29) is 11.7 Å². The minimum Gasteiger partial charge on any atom is -0.307 e. The van der Waals surface area contributed by atoms with Gasteiger partial charge in [0.05, 0.1) is 16.3 Å². The van der Waals surface area contributed by atoms with E-state index in [1.165, 1.54) is 11.3 Å². The second-order valence-electron chi connectivity index (χ2n) is 7.32. The minimum absolute atomic E-state index is 0.0471. The molecule has 3 aromatic rings. The van der Waals surface area contributed by atoms with Gasteiger partial charge < -0.3 is 4.90 Å². The molecule has 4 rings (SSSR count). The molecule has 0 radical (unpaired) electrons. The molecule has 1 amide bonds. The van der Waals surface area contributed by atoms with Crippen LogP contribution >= 0.6 is 11.3 Å². The van der Waals surface area contributed by atoms with Gasteiger partial charge in [-0.1, -0.05) is 35.9 Å². The Labute approximate surface area is 175 Å². The largest absolute Gasteiger partial charge is 0.307 e. The summed E-state index contributed by atoms with van der Waals surface area (Å²) in [7, 11) is -3.58. The van der Waals surface area contributed by atoms with E-state index in [0.717, 1.165) is 34.4 Å². The number of thiophene rings is 1. The van der Waals surface area contributed by atoms with Crippen LogP contribution in [0.15, 0.2) is 53.9 Å². The van der Waals surface area contributed by atoms with E-state index in [1.54, 1.807) is 17.0 Å². The summed E-state index contributed by atoms with van der Waals surface area (Å²) in [6.07, 6.45) is 0.766. The van der Waals surface area contributed by atoms with Crippen LogP contribution < -0.4 is 9.62 Å². The van der Waals surface area contributed by atoms with Crippen molar-refractivity contribution in [1.82, 2.24) is 0 Å². The van der Waals surface area contributed by atoms with Crippen LogP contribution in [0.2, 0.25) is 0 Å². The number of sulfonamides is 1. The van der Waals surface area contributed by atoms with Crippen molar-refractivity contribution in [2.45, 2.75) is 26.0 Å². The highest BCUT2D eigenvalue weighted by Gasteiger charge is 2.27. The molecule has 0 unspecified atom stereocenters. The number of hydrogen-bond donors (Lipinski definition) is 1. The van der Waals surface area contributed by atoms with Crippen LogP contribution in [0, 0.1) is 13.8 Å². The van der Waals surface area contributed by atoms with E-state index in [0.29, 0.717) is 17.1 Å². The summed E-state index contributed by atoms with van der Waals surface area (Å²) in [5.74, 6) is -0.135. The first-order valence-electron chi connectivity index (χ1n) is 9.37. The topological polar surface area (TPSA) is 66.5 Å². The van der Waals surface area contributed by atoms with Crippen molar-refractivity contribution < 1.29 is 13.2 Å². The van der Waals surface area contributed by atoms with Crippen LogP contribution in [0.25, 0.3) is 0 Å². The summed E-state index contributed by atoms with van der Waals surface area (Å²) in [6, 6.07) is 14.9. The normalized spacial score (nSPS) is 13.4. The van der Waals surface area contributed by atoms with Gasteiger partial charge in [0.25, 0.3) is 5.91 Å². The van der Waals surface area contributed by atoms with Gasteiger partial charge in [-0.05, 0) is 60.5 Å². The first-order valence-corrected chi connectivity index (χ1v) is 11.9. The number of fused-ring (bicyclic) bond motifs is 1. The summed E-state index contributed by atoms with van der Waals surface area (Å²) in [4.78, 5) is 15.2. The Morgan fingerprint density at radius 3 is 2.72 bits per heavy atom. The number of aryl methyl sites for hydroxylation is 2. The van der Waals surface area contributed by atoms with Crippen LogP contribution in [0.4, 0.5) is 11.4 Å². The Kier molecular flexibility index (Phi) is 5.19. The van der Waals surface area contributed by atoms with E-state index < -0.39 is 10.0 Å². The third-order valence-corrected chi connectivity index (χ3v) is 7.18. The molecule has 7 heteroatoms. The van der Waals surface area contributed by atoms with Gasteiger partial charge in [-0.3, -0.25) is 9.52 Å². The smallest absolute Gasteiger partial charge is 0.268 e. The number of rotatable bonds is 5. The van der Waals surface area contributed by atoms with Gasteiger partial charge >= 0.3 is 0 Å². The lowest BCUT2D eigenvalue weighted by Crippen LogP contribution is -2.28. The maximum Gasteiger partial charge on any atom is 0.268 e. The lowest BCUT2D eigenvalue weighted by molar-refractivity contribution is 0.0993. The first kappa shape index (κ1) is 19.7. The fraction of sp³-hybridized carbons (Fsp3) is 0.227. The molecule has 0 saturated heterocycles. The Morgan fingerprint density at radius 2 is 1.97 bits per heavy atom. The van der Waals surface area contributed by atoms with Crippen molar-refractivity contribution in [2.24, 2.45) is 0 Å². The second kappa shape index (κ2) is 7.65. The zero-order valence-electron chi connectivity index (χ0n) is 16.3. The number of anilines is 2. The van der Waals surface area contributed by atoms with Crippen molar-refractivity contribution in [3.63, 3.8) is 0 Å². The molecule has 0 aliphatic carbocycles. The van der Waals surface area contributed by atoms with Gasteiger partial charge in [0.1, 0.15) is 0 Å². The molecular weight excluding hydrogens is 404 g/mol. The minimum atomic E-state index is -3.58. The lowest BCUT2D eigenvalue weighted by atomic mass is 10.1. The highest BCUT2D eigenvalue weighted by atomic mass is 32.2. The summed E-state index contributed by atoms with van der Waals surface area (Å²) < 4.78 is 28.2. The fourth-order valence-electron chi connectivity index (χ4n) is 3.56. The predicted molar refractivity (Wildman–Crippen MR) is 118 cm³/mol. The first-order chi connectivity index (χ1) is 13.8. The van der Waals surface area contributed by atoms with Gasteiger partial charge in [-0.2, -0.15) is 0 Å². The molecule has 0 saturated carbocycles. The van der Waals surface area contributed by atoms with Crippen molar-refractivity contribution in [3.8, 4) is 0 Å². The third kappa shape index (κ3) is 4.21. The number of hydrogen-bond acceptors (Lipinski definition) is 4. The molecule has 1 aromatic heterocycles. The lowest BCUT2D eigenvalue weighted by Gasteiger charge is -2.18. The monoisotopic (exact) mass is 426 g/mol. The molecule has 1 aliphatic heterocycles. The average molecular weight is 427 g/mol. The molecule has 5 nitrogen and oxygen atoms in total. The maximum atomic E-state index is 12.8. The molecule has 150 valence electrons. The Bertz CT molecular complexity index is 1170. The average Bonchev–Trinajstić information content (AvgIpc) is 3.33. The second-order valence-corrected chi connectivity index (χ2v) is 9.99. The molecular formula is C22H22N2O3S2. The zero-order valence-corrected chi connectivity index (χ0v) is 17.9. The molecule has 1 aliphatic rings. The van der Waals surface area contributed by atoms with Crippen LogP contribution in [-0.4, -0.2) is 20.9 Å². The summed E-state index contributed by atoms with van der Waals surface area (Å²) in [5, 5.41) is 1.88. The number of amides is 1. The molecule has 0 atom stereocenters. The summed E-state index contributed by atoms with van der Waals surface area (Å²) in [5.41, 5.74) is 5.06. The molecule has 0 fully saturated rings. The van der Waals surface area contributed by atoms with Crippen molar-refractivity contribution in [1.29, 1.82) is 0 Å². The maximum absolute atomic E-state index is 12.8. The number of carbonyl (C=O) groups is 1. The molecule has 1 N–H and O–H groups in total. The molecule has 29 heavy (non-hydrogen) atoms. The molecule has 2 aromatic carbocycles. The Balaban J connectivity index is 1.57. The van der Waals surface area contributed by atoms with E-state index in [2.05, 4.69) is 4.72 Å². The third-order valence-electron chi connectivity index (χ3n) is 5.08. The SMILES string of the molecule is Cc1ccc(C)c(CS(=O)(=O)Nc2ccc3c(c2)N(C(=O)c2cccs2)CC3)c1. The summed E-state index contributed by atoms with van der Waals surface area (Å²) >= 11 is 1.41. The molecule has 0 bridgehead atoms. The quantitative estimate of drug-likeness (QED) is 0.653. The van der Waals surface area contributed by atoms with E-state index >= 15 is 0 Å². The number of nitrogens with zero attached hydrogens (tertiary/aromatic N) is 1.